The predicted molar refractivity (Wildman–Crippen MR) is 65.6 cm³/mol. The molecule has 92 valence electrons. The van der Waals surface area contributed by atoms with Crippen LogP contribution in [0.5, 0.6) is 5.75 Å². The highest BCUT2D eigenvalue weighted by Gasteiger charge is 2.23. The van der Waals surface area contributed by atoms with Crippen molar-refractivity contribution < 1.29 is 14.3 Å². The molecule has 0 bridgehead atoms. The summed E-state index contributed by atoms with van der Waals surface area (Å²) in [4.78, 5) is 11.8. The minimum absolute atomic E-state index is 0.00241. The van der Waals surface area contributed by atoms with E-state index in [9.17, 15) is 4.79 Å². The van der Waals surface area contributed by atoms with Gasteiger partial charge in [0, 0.05) is 17.5 Å². The predicted octanol–water partition coefficient (Wildman–Crippen LogP) is 2.63. The Kier molecular flexibility index (Phi) is 4.02. The molecule has 1 saturated heterocycles. The molecule has 3 nitrogen and oxygen atoms in total. The molecule has 4 heteroatoms. The third kappa shape index (κ3) is 3.20. The molecule has 1 aliphatic rings. The lowest BCUT2D eigenvalue weighted by Gasteiger charge is -2.10. The van der Waals surface area contributed by atoms with Crippen LogP contribution in [0.3, 0.4) is 0 Å². The highest BCUT2D eigenvalue weighted by atomic mass is 35.5. The standard InChI is InChI=1S/C13H15ClO3/c1-9-6-11(14)2-3-13(9)17-8-12(15)10-4-5-16-7-10/h2-3,6,10H,4-5,7-8H2,1H3. The Labute approximate surface area is 106 Å². The summed E-state index contributed by atoms with van der Waals surface area (Å²) in [6.45, 7) is 3.22. The van der Waals surface area contributed by atoms with Crippen LogP contribution in [0, 0.1) is 12.8 Å². The van der Waals surface area contributed by atoms with Crippen molar-refractivity contribution in [3.63, 3.8) is 0 Å². The van der Waals surface area contributed by atoms with Gasteiger partial charge in [0.25, 0.3) is 0 Å². The van der Waals surface area contributed by atoms with Gasteiger partial charge >= 0.3 is 0 Å². The maximum atomic E-state index is 11.8. The minimum Gasteiger partial charge on any atom is -0.486 e. The van der Waals surface area contributed by atoms with Crippen molar-refractivity contribution in [3.05, 3.63) is 28.8 Å². The van der Waals surface area contributed by atoms with Crippen LogP contribution in [-0.4, -0.2) is 25.6 Å². The van der Waals surface area contributed by atoms with Gasteiger partial charge in [-0.25, -0.2) is 0 Å². The summed E-state index contributed by atoms with van der Waals surface area (Å²) >= 11 is 5.84. The molecule has 0 saturated carbocycles. The van der Waals surface area contributed by atoms with Gasteiger partial charge < -0.3 is 9.47 Å². The summed E-state index contributed by atoms with van der Waals surface area (Å²) in [5.41, 5.74) is 0.938. The molecule has 1 aromatic carbocycles. The van der Waals surface area contributed by atoms with Gasteiger partial charge in [0.2, 0.25) is 0 Å². The molecule has 0 aromatic heterocycles. The van der Waals surface area contributed by atoms with E-state index >= 15 is 0 Å². The molecule has 1 unspecified atom stereocenters. The first kappa shape index (κ1) is 12.4. The molecular formula is C13H15ClO3. The topological polar surface area (TPSA) is 35.5 Å². The van der Waals surface area contributed by atoms with Crippen LogP contribution in [0.4, 0.5) is 0 Å². The van der Waals surface area contributed by atoms with E-state index < -0.39 is 0 Å². The highest BCUT2D eigenvalue weighted by Crippen LogP contribution is 2.22. The Balaban J connectivity index is 1.90. The smallest absolute Gasteiger partial charge is 0.175 e. The van der Waals surface area contributed by atoms with Crippen molar-refractivity contribution in [3.8, 4) is 5.75 Å². The van der Waals surface area contributed by atoms with Gasteiger partial charge in [-0.05, 0) is 37.1 Å². The number of ether oxygens (including phenoxy) is 2. The zero-order valence-corrected chi connectivity index (χ0v) is 10.5. The fraction of sp³-hybridized carbons (Fsp3) is 0.462. The first-order valence-electron chi connectivity index (χ1n) is 5.66. The first-order valence-corrected chi connectivity index (χ1v) is 6.04. The van der Waals surface area contributed by atoms with Crippen LogP contribution in [-0.2, 0) is 9.53 Å². The number of Topliss-reactive ketones (excluding diaryl/α,β-unsaturated/α-hetero) is 1. The zero-order valence-electron chi connectivity index (χ0n) is 9.74. The highest BCUT2D eigenvalue weighted by molar-refractivity contribution is 6.30. The van der Waals surface area contributed by atoms with E-state index in [1.165, 1.54) is 0 Å². The molecular weight excluding hydrogens is 240 g/mol. The maximum Gasteiger partial charge on any atom is 0.175 e. The summed E-state index contributed by atoms with van der Waals surface area (Å²) in [7, 11) is 0. The number of ketones is 1. The van der Waals surface area contributed by atoms with E-state index in [0.29, 0.717) is 24.0 Å². The lowest BCUT2D eigenvalue weighted by molar-refractivity contribution is -0.124. The molecule has 1 heterocycles. The molecule has 0 amide bonds. The number of carbonyl (C=O) groups is 1. The second-order valence-corrected chi connectivity index (χ2v) is 4.66. The Hall–Kier alpha value is -1.06. The first-order chi connectivity index (χ1) is 8.16. The van der Waals surface area contributed by atoms with Crippen molar-refractivity contribution >= 4 is 17.4 Å². The third-order valence-corrected chi connectivity index (χ3v) is 3.13. The summed E-state index contributed by atoms with van der Waals surface area (Å²) in [5.74, 6) is 0.820. The van der Waals surface area contributed by atoms with Gasteiger partial charge in [0.05, 0.1) is 6.61 Å². The van der Waals surface area contributed by atoms with Crippen LogP contribution in [0.2, 0.25) is 5.02 Å². The van der Waals surface area contributed by atoms with Crippen LogP contribution in [0.1, 0.15) is 12.0 Å². The van der Waals surface area contributed by atoms with Gasteiger partial charge in [-0.3, -0.25) is 4.79 Å². The molecule has 1 aliphatic heterocycles. The van der Waals surface area contributed by atoms with Crippen LogP contribution < -0.4 is 4.74 Å². The second kappa shape index (κ2) is 5.52. The number of carbonyl (C=O) groups excluding carboxylic acids is 1. The van der Waals surface area contributed by atoms with Crippen molar-refractivity contribution in [2.45, 2.75) is 13.3 Å². The van der Waals surface area contributed by atoms with Gasteiger partial charge in [-0.15, -0.1) is 0 Å². The largest absolute Gasteiger partial charge is 0.486 e. The lowest BCUT2D eigenvalue weighted by Crippen LogP contribution is -2.21. The molecule has 0 radical (unpaired) electrons. The number of hydrogen-bond donors (Lipinski definition) is 0. The van der Waals surface area contributed by atoms with Crippen LogP contribution >= 0.6 is 11.6 Å². The molecule has 17 heavy (non-hydrogen) atoms. The summed E-state index contributed by atoms with van der Waals surface area (Å²) in [5, 5.41) is 0.672. The van der Waals surface area contributed by atoms with Crippen molar-refractivity contribution in [1.29, 1.82) is 0 Å². The van der Waals surface area contributed by atoms with Crippen molar-refractivity contribution in [2.24, 2.45) is 5.92 Å². The van der Waals surface area contributed by atoms with Gasteiger partial charge in [0.1, 0.15) is 12.4 Å². The number of hydrogen-bond acceptors (Lipinski definition) is 3. The molecule has 1 aromatic rings. The number of benzene rings is 1. The number of halogens is 1. The number of rotatable bonds is 4. The molecule has 1 fully saturated rings. The third-order valence-electron chi connectivity index (χ3n) is 2.89. The average molecular weight is 255 g/mol. The fourth-order valence-corrected chi connectivity index (χ4v) is 2.06. The van der Waals surface area contributed by atoms with Gasteiger partial charge in [0.15, 0.2) is 5.78 Å². The summed E-state index contributed by atoms with van der Waals surface area (Å²) < 4.78 is 10.7. The molecule has 0 aliphatic carbocycles. The molecule has 2 rings (SSSR count). The Morgan fingerprint density at radius 2 is 2.41 bits per heavy atom. The fourth-order valence-electron chi connectivity index (χ4n) is 1.83. The SMILES string of the molecule is Cc1cc(Cl)ccc1OCC(=O)C1CCOC1. The normalized spacial score (nSPS) is 19.3. The Morgan fingerprint density at radius 1 is 1.59 bits per heavy atom. The Bertz CT molecular complexity index is 411. The number of aryl methyl sites for hydroxylation is 1. The zero-order chi connectivity index (χ0) is 12.3. The van der Waals surface area contributed by atoms with E-state index in [4.69, 9.17) is 21.1 Å². The van der Waals surface area contributed by atoms with E-state index in [1.54, 1.807) is 12.1 Å². The Morgan fingerprint density at radius 3 is 3.06 bits per heavy atom. The second-order valence-electron chi connectivity index (χ2n) is 4.23. The van der Waals surface area contributed by atoms with Crippen LogP contribution in [0.15, 0.2) is 18.2 Å². The maximum absolute atomic E-state index is 11.8. The van der Waals surface area contributed by atoms with Gasteiger partial charge in [-0.1, -0.05) is 11.6 Å². The minimum atomic E-state index is 0.00241. The van der Waals surface area contributed by atoms with E-state index in [1.807, 2.05) is 13.0 Å². The summed E-state index contributed by atoms with van der Waals surface area (Å²) in [6, 6.07) is 5.36. The van der Waals surface area contributed by atoms with Crippen molar-refractivity contribution in [2.75, 3.05) is 19.8 Å². The lowest BCUT2D eigenvalue weighted by atomic mass is 10.0. The van der Waals surface area contributed by atoms with Gasteiger partial charge in [-0.2, -0.15) is 0 Å². The quantitative estimate of drug-likeness (QED) is 0.829. The van der Waals surface area contributed by atoms with E-state index in [0.717, 1.165) is 12.0 Å². The molecule has 0 spiro atoms. The van der Waals surface area contributed by atoms with E-state index in [2.05, 4.69) is 0 Å². The van der Waals surface area contributed by atoms with Crippen LogP contribution in [0.25, 0.3) is 0 Å². The average Bonchev–Trinajstić information content (AvgIpc) is 2.81. The molecule has 0 N–H and O–H groups in total. The van der Waals surface area contributed by atoms with E-state index in [-0.39, 0.29) is 18.3 Å². The van der Waals surface area contributed by atoms with Crippen molar-refractivity contribution in [1.82, 2.24) is 0 Å². The summed E-state index contributed by atoms with van der Waals surface area (Å²) in [6.07, 6.45) is 0.807. The monoisotopic (exact) mass is 254 g/mol. The molecule has 1 atom stereocenters.